The number of hydrazine groups is 1. The Morgan fingerprint density at radius 2 is 1.80 bits per heavy atom. The third-order valence-corrected chi connectivity index (χ3v) is 4.95. The lowest BCUT2D eigenvalue weighted by molar-refractivity contribution is -0.118. The second-order valence-corrected chi connectivity index (χ2v) is 6.56. The average molecular weight is 340 g/mol. The van der Waals surface area contributed by atoms with Gasteiger partial charge in [-0.25, -0.2) is 15.8 Å². The van der Waals surface area contributed by atoms with Gasteiger partial charge in [0.2, 0.25) is 5.91 Å². The lowest BCUT2D eigenvalue weighted by Gasteiger charge is -2.28. The van der Waals surface area contributed by atoms with Crippen molar-refractivity contribution in [3.63, 3.8) is 0 Å². The Kier molecular flexibility index (Phi) is 4.99. The molecule has 0 radical (unpaired) electrons. The van der Waals surface area contributed by atoms with Crippen LogP contribution in [0.4, 0.5) is 5.69 Å². The van der Waals surface area contributed by atoms with Gasteiger partial charge in [-0.05, 0) is 12.8 Å². The van der Waals surface area contributed by atoms with Crippen LogP contribution in [0.5, 0.6) is 0 Å². The molecule has 3 rings (SSSR count). The van der Waals surface area contributed by atoms with Crippen molar-refractivity contribution in [2.45, 2.75) is 51.4 Å². The number of hydrogen-bond donors (Lipinski definition) is 2. The lowest BCUT2D eigenvalue weighted by Crippen LogP contribution is -2.38. The molecule has 1 aromatic carbocycles. The number of carbonyl (C=O) groups is 2. The maximum atomic E-state index is 12.3. The molecule has 132 valence electrons. The van der Waals surface area contributed by atoms with E-state index in [0.29, 0.717) is 17.5 Å². The average Bonchev–Trinajstić information content (AvgIpc) is 2.66. The molecule has 6 heteroatoms. The van der Waals surface area contributed by atoms with Gasteiger partial charge in [0.25, 0.3) is 5.91 Å². The molecule has 1 aliphatic carbocycles. The van der Waals surface area contributed by atoms with E-state index in [9.17, 15) is 9.59 Å². The number of nitrogens with two attached hydrogens (primary N) is 2. The van der Waals surface area contributed by atoms with Crippen molar-refractivity contribution in [3.05, 3.63) is 35.7 Å². The zero-order valence-corrected chi connectivity index (χ0v) is 14.5. The van der Waals surface area contributed by atoms with Gasteiger partial charge >= 0.3 is 0 Å². The summed E-state index contributed by atoms with van der Waals surface area (Å²) in [5.41, 5.74) is 7.15. The number of benzene rings is 1. The Bertz CT molecular complexity index is 812. The molecule has 0 atom stereocenters. The maximum absolute atomic E-state index is 12.3. The maximum Gasteiger partial charge on any atom is 0.267 e. The summed E-state index contributed by atoms with van der Waals surface area (Å²) in [7, 11) is 0. The number of aromatic nitrogens is 1. The summed E-state index contributed by atoms with van der Waals surface area (Å²) < 4.78 is 0. The van der Waals surface area contributed by atoms with E-state index in [1.165, 1.54) is 11.4 Å². The third kappa shape index (κ3) is 3.22. The monoisotopic (exact) mass is 340 g/mol. The van der Waals surface area contributed by atoms with E-state index in [0.717, 1.165) is 36.8 Å². The molecule has 4 N–H and O–H groups in total. The van der Waals surface area contributed by atoms with E-state index in [4.69, 9.17) is 11.6 Å². The summed E-state index contributed by atoms with van der Waals surface area (Å²) in [6, 6.07) is 7.35. The predicted molar refractivity (Wildman–Crippen MR) is 98.1 cm³/mol. The molecule has 0 bridgehead atoms. The molecule has 0 unspecified atom stereocenters. The first-order valence-corrected chi connectivity index (χ1v) is 8.84. The Morgan fingerprint density at radius 1 is 1.16 bits per heavy atom. The summed E-state index contributed by atoms with van der Waals surface area (Å²) in [6.07, 6.45) is 5.66. The van der Waals surface area contributed by atoms with Crippen LogP contribution in [0.2, 0.25) is 0 Å². The Morgan fingerprint density at radius 3 is 2.40 bits per heavy atom. The van der Waals surface area contributed by atoms with Crippen LogP contribution in [0.25, 0.3) is 10.8 Å². The molecule has 1 fully saturated rings. The predicted octanol–water partition coefficient (Wildman–Crippen LogP) is 3.00. The second kappa shape index (κ2) is 7.19. The number of primary amides is 1. The molecular weight excluding hydrogens is 316 g/mol. The number of amides is 2. The molecule has 0 spiro atoms. The highest BCUT2D eigenvalue weighted by Gasteiger charge is 2.28. The number of anilines is 1. The van der Waals surface area contributed by atoms with Crippen molar-refractivity contribution in [1.29, 1.82) is 0 Å². The van der Waals surface area contributed by atoms with Crippen molar-refractivity contribution >= 4 is 28.3 Å². The van der Waals surface area contributed by atoms with Crippen molar-refractivity contribution in [2.75, 3.05) is 5.01 Å². The molecular formula is C19H24N4O2. The molecule has 0 aliphatic heterocycles. The van der Waals surface area contributed by atoms with Gasteiger partial charge in [0.1, 0.15) is 5.69 Å². The minimum absolute atomic E-state index is 0.183. The normalized spacial score (nSPS) is 15.3. The van der Waals surface area contributed by atoms with Gasteiger partial charge in [-0.1, -0.05) is 50.5 Å². The summed E-state index contributed by atoms with van der Waals surface area (Å²) >= 11 is 0. The van der Waals surface area contributed by atoms with Crippen molar-refractivity contribution in [3.8, 4) is 0 Å². The fourth-order valence-corrected chi connectivity index (χ4v) is 3.66. The van der Waals surface area contributed by atoms with Crippen molar-refractivity contribution < 1.29 is 9.59 Å². The van der Waals surface area contributed by atoms with Crippen LogP contribution >= 0.6 is 0 Å². The molecule has 2 aromatic rings. The number of rotatable bonds is 4. The Balaban J connectivity index is 2.30. The molecule has 1 aliphatic rings. The fourth-order valence-electron chi connectivity index (χ4n) is 3.66. The number of carbonyl (C=O) groups excluding carboxylic acids is 2. The van der Waals surface area contributed by atoms with Crippen LogP contribution in [0.1, 0.15) is 67.5 Å². The first-order valence-electron chi connectivity index (χ1n) is 8.84. The zero-order chi connectivity index (χ0) is 18.0. The van der Waals surface area contributed by atoms with Crippen LogP contribution < -0.4 is 16.6 Å². The highest BCUT2D eigenvalue weighted by Crippen LogP contribution is 2.40. The van der Waals surface area contributed by atoms with E-state index >= 15 is 0 Å². The lowest BCUT2D eigenvalue weighted by atomic mass is 9.85. The van der Waals surface area contributed by atoms with Gasteiger partial charge in [0.05, 0.1) is 11.4 Å². The summed E-state index contributed by atoms with van der Waals surface area (Å²) in [4.78, 5) is 28.9. The quantitative estimate of drug-likeness (QED) is 0.507. The number of nitrogens with zero attached hydrogens (tertiary/aromatic N) is 2. The van der Waals surface area contributed by atoms with E-state index < -0.39 is 5.91 Å². The molecule has 0 saturated heterocycles. The van der Waals surface area contributed by atoms with E-state index in [2.05, 4.69) is 4.98 Å². The molecule has 1 aromatic heterocycles. The highest BCUT2D eigenvalue weighted by atomic mass is 16.2. The number of pyridine rings is 1. The number of fused-ring (bicyclic) bond motifs is 1. The largest absolute Gasteiger partial charge is 0.364 e. The topological polar surface area (TPSA) is 102 Å². The van der Waals surface area contributed by atoms with Gasteiger partial charge in [-0.3, -0.25) is 9.59 Å². The van der Waals surface area contributed by atoms with E-state index in [1.54, 1.807) is 13.0 Å². The van der Waals surface area contributed by atoms with Crippen molar-refractivity contribution in [1.82, 2.24) is 4.98 Å². The second-order valence-electron chi connectivity index (χ2n) is 6.56. The minimum atomic E-state index is -0.565. The van der Waals surface area contributed by atoms with Gasteiger partial charge in [0, 0.05) is 23.1 Å². The summed E-state index contributed by atoms with van der Waals surface area (Å²) in [5, 5.41) is 2.57. The Hall–Kier alpha value is -2.47. The van der Waals surface area contributed by atoms with E-state index in [-0.39, 0.29) is 17.5 Å². The molecule has 6 nitrogen and oxygen atoms in total. The van der Waals surface area contributed by atoms with Crippen LogP contribution in [0, 0.1) is 0 Å². The fraction of sp³-hybridized carbons (Fsp3) is 0.421. The van der Waals surface area contributed by atoms with Crippen LogP contribution in [-0.4, -0.2) is 16.8 Å². The first kappa shape index (κ1) is 17.4. The van der Waals surface area contributed by atoms with Crippen LogP contribution in [-0.2, 0) is 4.79 Å². The third-order valence-electron chi connectivity index (χ3n) is 4.95. The van der Waals surface area contributed by atoms with Gasteiger partial charge in [-0.15, -0.1) is 0 Å². The minimum Gasteiger partial charge on any atom is -0.364 e. The van der Waals surface area contributed by atoms with Gasteiger partial charge in [0.15, 0.2) is 0 Å². The molecule has 1 saturated carbocycles. The molecule has 1 heterocycles. The van der Waals surface area contributed by atoms with Crippen molar-refractivity contribution in [2.24, 2.45) is 11.6 Å². The van der Waals surface area contributed by atoms with Gasteiger partial charge < -0.3 is 5.73 Å². The summed E-state index contributed by atoms with van der Waals surface area (Å²) in [5.74, 6) is 5.61. The number of hydrogen-bond acceptors (Lipinski definition) is 4. The highest BCUT2D eigenvalue weighted by molar-refractivity contribution is 6.11. The SMILES string of the molecule is CCC(=O)N(N)c1c(C2CCCCC2)nc(C(N)=O)c2ccccc12. The van der Waals surface area contributed by atoms with Gasteiger partial charge in [-0.2, -0.15) is 0 Å². The van der Waals surface area contributed by atoms with Crippen LogP contribution in [0.15, 0.2) is 24.3 Å². The molecule has 25 heavy (non-hydrogen) atoms. The van der Waals surface area contributed by atoms with Crippen LogP contribution in [0.3, 0.4) is 0 Å². The smallest absolute Gasteiger partial charge is 0.267 e. The van der Waals surface area contributed by atoms with E-state index in [1.807, 2.05) is 18.2 Å². The molecule has 2 amide bonds. The summed E-state index contributed by atoms with van der Waals surface area (Å²) in [6.45, 7) is 1.77. The standard InChI is InChI=1S/C19H24N4O2/c1-2-15(24)23(21)18-14-11-7-6-10-13(14)17(19(20)25)22-16(18)12-8-4-3-5-9-12/h6-7,10-12H,2-5,8-9,21H2,1H3,(H2,20,25). The zero-order valence-electron chi connectivity index (χ0n) is 14.5. The Labute approximate surface area is 147 Å². The first-order chi connectivity index (χ1) is 12.0.